The maximum atomic E-state index is 10.4. The Kier molecular flexibility index (Phi) is 7.12. The number of halogens is 1. The summed E-state index contributed by atoms with van der Waals surface area (Å²) in [7, 11) is 4.12. The van der Waals surface area contributed by atoms with Crippen LogP contribution in [0.5, 0.6) is 0 Å². The van der Waals surface area contributed by atoms with Crippen molar-refractivity contribution in [3.05, 3.63) is 59.7 Å². The molecule has 0 radical (unpaired) electrons. The molecule has 0 saturated heterocycles. The smallest absolute Gasteiger partial charge is 0.189 e. The van der Waals surface area contributed by atoms with Gasteiger partial charge in [-0.1, -0.05) is 48.1 Å². The molecule has 0 amide bonds. The lowest BCUT2D eigenvalue weighted by atomic mass is 9.99. The third-order valence-electron chi connectivity index (χ3n) is 3.39. The van der Waals surface area contributed by atoms with Gasteiger partial charge < -0.3 is 14.7 Å². The number of benzene rings is 1. The molecule has 116 valence electrons. The lowest BCUT2D eigenvalue weighted by Gasteiger charge is -2.27. The molecule has 3 nitrogen and oxygen atoms in total. The van der Waals surface area contributed by atoms with Crippen molar-refractivity contribution in [3.63, 3.8) is 0 Å². The normalized spacial score (nSPS) is 21.0. The Bertz CT molecular complexity index is 485. The van der Waals surface area contributed by atoms with Gasteiger partial charge in [0.1, 0.15) is 0 Å². The Morgan fingerprint density at radius 1 is 1.24 bits per heavy atom. The van der Waals surface area contributed by atoms with Gasteiger partial charge in [0.2, 0.25) is 0 Å². The van der Waals surface area contributed by atoms with Gasteiger partial charge in [-0.25, -0.2) is 0 Å². The van der Waals surface area contributed by atoms with E-state index in [1.165, 1.54) is 5.57 Å². The molecular weight excluding hydrogens is 286 g/mol. The molecule has 0 aromatic heterocycles. The summed E-state index contributed by atoms with van der Waals surface area (Å²) in [4.78, 5) is 2.15. The quantitative estimate of drug-likeness (QED) is 0.819. The maximum absolute atomic E-state index is 10.4. The second-order valence-corrected chi connectivity index (χ2v) is 5.49. The van der Waals surface area contributed by atoms with Crippen molar-refractivity contribution in [1.29, 1.82) is 0 Å². The largest absolute Gasteiger partial charge is 0.362 e. The third-order valence-corrected chi connectivity index (χ3v) is 3.39. The Hall–Kier alpha value is -1.13. The number of hydrogen-bond donors (Lipinski definition) is 1. The molecule has 1 N–H and O–H groups in total. The van der Waals surface area contributed by atoms with Crippen molar-refractivity contribution in [3.8, 4) is 0 Å². The van der Waals surface area contributed by atoms with E-state index < -0.39 is 5.79 Å². The van der Waals surface area contributed by atoms with E-state index in [-0.39, 0.29) is 12.4 Å². The molecule has 21 heavy (non-hydrogen) atoms. The monoisotopic (exact) mass is 309 g/mol. The lowest BCUT2D eigenvalue weighted by molar-refractivity contribution is -0.172. The standard InChI is InChI=1S/C17H23NO2.ClH/c1-18(2)13-10-15-8-11-17(19,12-9-15)20-14-16-6-4-3-5-7-16;/h3-9,11,19H,10,12-14H2,1-2H3;1H. The lowest BCUT2D eigenvalue weighted by Crippen LogP contribution is -2.30. The van der Waals surface area contributed by atoms with Crippen LogP contribution in [-0.2, 0) is 11.3 Å². The molecule has 0 fully saturated rings. The SMILES string of the molecule is CN(C)CCC1=CCC(O)(OCc2ccccc2)C=C1.Cl. The average Bonchev–Trinajstić information content (AvgIpc) is 2.46. The van der Waals surface area contributed by atoms with E-state index in [4.69, 9.17) is 4.74 Å². The highest BCUT2D eigenvalue weighted by molar-refractivity contribution is 5.85. The molecular formula is C17H24ClNO2. The molecule has 1 aliphatic carbocycles. The first-order valence-corrected chi connectivity index (χ1v) is 7.01. The summed E-state index contributed by atoms with van der Waals surface area (Å²) >= 11 is 0. The topological polar surface area (TPSA) is 32.7 Å². The molecule has 1 atom stereocenters. The van der Waals surface area contributed by atoms with Gasteiger partial charge in [0.25, 0.3) is 0 Å². The minimum Gasteiger partial charge on any atom is -0.362 e. The zero-order valence-corrected chi connectivity index (χ0v) is 13.5. The van der Waals surface area contributed by atoms with Crippen LogP contribution in [0.4, 0.5) is 0 Å². The molecule has 1 aromatic carbocycles. The van der Waals surface area contributed by atoms with Crippen LogP contribution in [0.3, 0.4) is 0 Å². The van der Waals surface area contributed by atoms with Crippen LogP contribution in [0, 0.1) is 0 Å². The summed E-state index contributed by atoms with van der Waals surface area (Å²) in [5.74, 6) is -1.17. The Morgan fingerprint density at radius 2 is 1.95 bits per heavy atom. The van der Waals surface area contributed by atoms with E-state index in [1.807, 2.05) is 36.4 Å². The number of allylic oxidation sites excluding steroid dienone is 1. The Labute approximate surface area is 133 Å². The van der Waals surface area contributed by atoms with Gasteiger partial charge in [0.05, 0.1) is 6.61 Å². The van der Waals surface area contributed by atoms with E-state index >= 15 is 0 Å². The number of ether oxygens (including phenoxy) is 1. The summed E-state index contributed by atoms with van der Waals surface area (Å²) in [6.07, 6.45) is 7.31. The highest BCUT2D eigenvalue weighted by Crippen LogP contribution is 2.25. The second kappa shape index (κ2) is 8.35. The van der Waals surface area contributed by atoms with E-state index in [0.717, 1.165) is 18.5 Å². The van der Waals surface area contributed by atoms with E-state index in [2.05, 4.69) is 25.1 Å². The molecule has 0 saturated carbocycles. The van der Waals surface area contributed by atoms with Gasteiger partial charge in [0.15, 0.2) is 5.79 Å². The van der Waals surface area contributed by atoms with Gasteiger partial charge in [-0.15, -0.1) is 12.4 Å². The Morgan fingerprint density at radius 3 is 2.52 bits per heavy atom. The van der Waals surface area contributed by atoms with Crippen molar-refractivity contribution < 1.29 is 9.84 Å². The minimum atomic E-state index is -1.17. The molecule has 2 rings (SSSR count). The van der Waals surface area contributed by atoms with Gasteiger partial charge in [-0.2, -0.15) is 0 Å². The van der Waals surface area contributed by atoms with Gasteiger partial charge in [-0.05, 0) is 32.2 Å². The molecule has 1 unspecified atom stereocenters. The number of nitrogens with zero attached hydrogens (tertiary/aromatic N) is 1. The zero-order chi connectivity index (χ0) is 14.4. The molecule has 0 heterocycles. The number of rotatable bonds is 6. The summed E-state index contributed by atoms with van der Waals surface area (Å²) in [6.45, 7) is 1.43. The van der Waals surface area contributed by atoms with E-state index in [1.54, 1.807) is 6.08 Å². The van der Waals surface area contributed by atoms with Crippen LogP contribution >= 0.6 is 12.4 Å². The first kappa shape index (κ1) is 17.9. The number of hydrogen-bond acceptors (Lipinski definition) is 3. The van der Waals surface area contributed by atoms with E-state index in [9.17, 15) is 5.11 Å². The van der Waals surface area contributed by atoms with Crippen LogP contribution in [0.2, 0.25) is 0 Å². The Balaban J connectivity index is 0.00000220. The predicted molar refractivity (Wildman–Crippen MR) is 88.4 cm³/mol. The van der Waals surface area contributed by atoms with Gasteiger partial charge in [0, 0.05) is 13.0 Å². The number of aliphatic hydroxyl groups is 1. The fraction of sp³-hybridized carbons (Fsp3) is 0.412. The fourth-order valence-electron chi connectivity index (χ4n) is 2.08. The maximum Gasteiger partial charge on any atom is 0.189 e. The summed E-state index contributed by atoms with van der Waals surface area (Å²) < 4.78 is 5.64. The molecule has 0 bridgehead atoms. The van der Waals surface area contributed by atoms with Crippen LogP contribution in [-0.4, -0.2) is 36.4 Å². The average molecular weight is 310 g/mol. The summed E-state index contributed by atoms with van der Waals surface area (Å²) in [6, 6.07) is 9.90. The first-order chi connectivity index (χ1) is 9.57. The fourth-order valence-corrected chi connectivity index (χ4v) is 2.08. The molecule has 0 aliphatic heterocycles. The second-order valence-electron chi connectivity index (χ2n) is 5.49. The van der Waals surface area contributed by atoms with Crippen LogP contribution in [0.25, 0.3) is 0 Å². The van der Waals surface area contributed by atoms with Crippen LogP contribution < -0.4 is 0 Å². The van der Waals surface area contributed by atoms with Crippen molar-refractivity contribution in [2.75, 3.05) is 20.6 Å². The van der Waals surface area contributed by atoms with Gasteiger partial charge in [-0.3, -0.25) is 0 Å². The van der Waals surface area contributed by atoms with Crippen LogP contribution in [0.1, 0.15) is 18.4 Å². The molecule has 1 aliphatic rings. The summed E-state index contributed by atoms with van der Waals surface area (Å²) in [5.41, 5.74) is 2.32. The predicted octanol–water partition coefficient (Wildman–Crippen LogP) is 3.15. The van der Waals surface area contributed by atoms with Gasteiger partial charge >= 0.3 is 0 Å². The van der Waals surface area contributed by atoms with E-state index in [0.29, 0.717) is 13.0 Å². The molecule has 0 spiro atoms. The zero-order valence-electron chi connectivity index (χ0n) is 12.7. The molecule has 1 aromatic rings. The third kappa shape index (κ3) is 6.02. The van der Waals surface area contributed by atoms with Crippen LogP contribution in [0.15, 0.2) is 54.1 Å². The highest BCUT2D eigenvalue weighted by Gasteiger charge is 2.25. The van der Waals surface area contributed by atoms with Crippen molar-refractivity contribution in [2.24, 2.45) is 0 Å². The minimum absolute atomic E-state index is 0. The first-order valence-electron chi connectivity index (χ1n) is 7.01. The molecule has 4 heteroatoms. The van der Waals surface area contributed by atoms with Crippen molar-refractivity contribution in [1.82, 2.24) is 4.90 Å². The highest BCUT2D eigenvalue weighted by atomic mass is 35.5. The summed E-state index contributed by atoms with van der Waals surface area (Å²) in [5, 5.41) is 10.4. The van der Waals surface area contributed by atoms with Crippen molar-refractivity contribution in [2.45, 2.75) is 25.2 Å². The van der Waals surface area contributed by atoms with Crippen molar-refractivity contribution >= 4 is 12.4 Å².